The first-order chi connectivity index (χ1) is 7.79. The topological polar surface area (TPSA) is 21.3 Å². The molecule has 1 aromatic carbocycles. The van der Waals surface area contributed by atoms with Crippen LogP contribution >= 0.6 is 11.6 Å². The number of nitrogens with one attached hydrogen (secondary N) is 1. The van der Waals surface area contributed by atoms with E-state index in [1.54, 1.807) is 6.92 Å². The molecule has 0 bridgehead atoms. The van der Waals surface area contributed by atoms with Crippen molar-refractivity contribution in [2.45, 2.75) is 20.4 Å². The van der Waals surface area contributed by atoms with Gasteiger partial charge in [-0.25, -0.2) is 0 Å². The molecule has 16 heavy (non-hydrogen) atoms. The molecule has 0 aliphatic rings. The summed E-state index contributed by atoms with van der Waals surface area (Å²) < 4.78 is 5.56. The van der Waals surface area contributed by atoms with Gasteiger partial charge in [0, 0.05) is 12.1 Å². The standard InChI is InChI=1S/C13H16ClNO/c1-3-5-9-16-13-11(10-15-4-2)7-6-8-12(13)14/h6-8,15H,4,9-10H2,1-2H3. The first kappa shape index (κ1) is 12.9. The number of halogens is 1. The largest absolute Gasteiger partial charge is 0.479 e. The Labute approximate surface area is 102 Å². The van der Waals surface area contributed by atoms with Crippen molar-refractivity contribution in [3.05, 3.63) is 28.8 Å². The zero-order valence-corrected chi connectivity index (χ0v) is 10.4. The van der Waals surface area contributed by atoms with Crippen LogP contribution in [0.1, 0.15) is 19.4 Å². The predicted octanol–water partition coefficient (Wildman–Crippen LogP) is 2.85. The van der Waals surface area contributed by atoms with E-state index in [0.29, 0.717) is 11.6 Å². The second-order valence-corrected chi connectivity index (χ2v) is 3.63. The van der Waals surface area contributed by atoms with Gasteiger partial charge in [0.25, 0.3) is 0 Å². The van der Waals surface area contributed by atoms with Gasteiger partial charge in [0.05, 0.1) is 5.02 Å². The Morgan fingerprint density at radius 2 is 2.25 bits per heavy atom. The number of ether oxygens (including phenoxy) is 1. The maximum absolute atomic E-state index is 6.09. The summed E-state index contributed by atoms with van der Waals surface area (Å²) in [5.41, 5.74) is 1.06. The summed E-state index contributed by atoms with van der Waals surface area (Å²) in [5.74, 6) is 6.37. The van der Waals surface area contributed by atoms with Crippen LogP contribution < -0.4 is 10.1 Å². The Kier molecular flexibility index (Phi) is 5.77. The minimum Gasteiger partial charge on any atom is -0.479 e. The number of rotatable bonds is 5. The molecule has 0 heterocycles. The SMILES string of the molecule is CC#CCOc1c(Cl)cccc1CNCC. The van der Waals surface area contributed by atoms with Crippen molar-refractivity contribution in [3.63, 3.8) is 0 Å². The van der Waals surface area contributed by atoms with Gasteiger partial charge in [0.2, 0.25) is 0 Å². The predicted molar refractivity (Wildman–Crippen MR) is 67.8 cm³/mol. The molecule has 0 saturated heterocycles. The van der Waals surface area contributed by atoms with Crippen LogP contribution in [0.15, 0.2) is 18.2 Å². The van der Waals surface area contributed by atoms with Crippen molar-refractivity contribution >= 4 is 11.6 Å². The molecule has 0 fully saturated rings. The molecule has 1 N–H and O–H groups in total. The van der Waals surface area contributed by atoms with E-state index in [0.717, 1.165) is 24.4 Å². The first-order valence-corrected chi connectivity index (χ1v) is 5.68. The van der Waals surface area contributed by atoms with Crippen LogP contribution in [0.2, 0.25) is 5.02 Å². The van der Waals surface area contributed by atoms with Crippen LogP contribution in [-0.2, 0) is 6.54 Å². The molecule has 0 aliphatic carbocycles. The summed E-state index contributed by atoms with van der Waals surface area (Å²) in [6.07, 6.45) is 0. The highest BCUT2D eigenvalue weighted by atomic mass is 35.5. The Morgan fingerprint density at radius 1 is 1.44 bits per heavy atom. The fourth-order valence-corrected chi connectivity index (χ4v) is 1.54. The van der Waals surface area contributed by atoms with Gasteiger partial charge in [-0.05, 0) is 19.5 Å². The fraction of sp³-hybridized carbons (Fsp3) is 0.385. The molecule has 1 aromatic rings. The second-order valence-electron chi connectivity index (χ2n) is 3.22. The molecule has 0 unspecified atom stereocenters. The number of benzene rings is 1. The second kappa shape index (κ2) is 7.16. The van der Waals surface area contributed by atoms with Gasteiger partial charge in [0.1, 0.15) is 12.4 Å². The Bertz CT molecular complexity index is 393. The van der Waals surface area contributed by atoms with Gasteiger partial charge < -0.3 is 10.1 Å². The van der Waals surface area contributed by atoms with Crippen LogP contribution in [0.25, 0.3) is 0 Å². The van der Waals surface area contributed by atoms with Gasteiger partial charge in [-0.3, -0.25) is 0 Å². The molecule has 86 valence electrons. The summed E-state index contributed by atoms with van der Waals surface area (Å²) in [7, 11) is 0. The monoisotopic (exact) mass is 237 g/mol. The Balaban J connectivity index is 2.79. The van der Waals surface area contributed by atoms with Crippen LogP contribution in [0.4, 0.5) is 0 Å². The summed E-state index contributed by atoms with van der Waals surface area (Å²) in [6.45, 7) is 5.90. The number of hydrogen-bond acceptors (Lipinski definition) is 2. The van der Waals surface area contributed by atoms with E-state index in [4.69, 9.17) is 16.3 Å². The van der Waals surface area contributed by atoms with E-state index in [1.165, 1.54) is 0 Å². The van der Waals surface area contributed by atoms with Crippen molar-refractivity contribution in [1.82, 2.24) is 5.32 Å². The molecular formula is C13H16ClNO. The first-order valence-electron chi connectivity index (χ1n) is 5.30. The van der Waals surface area contributed by atoms with Gasteiger partial charge in [-0.1, -0.05) is 36.6 Å². The van der Waals surface area contributed by atoms with E-state index in [1.807, 2.05) is 18.2 Å². The highest BCUT2D eigenvalue weighted by Crippen LogP contribution is 2.28. The van der Waals surface area contributed by atoms with Crippen LogP contribution in [0.5, 0.6) is 5.75 Å². The molecule has 0 radical (unpaired) electrons. The normalized spacial score (nSPS) is 9.44. The van der Waals surface area contributed by atoms with Crippen LogP contribution in [0, 0.1) is 11.8 Å². The molecule has 2 nitrogen and oxygen atoms in total. The van der Waals surface area contributed by atoms with E-state index < -0.39 is 0 Å². The lowest BCUT2D eigenvalue weighted by Crippen LogP contribution is -2.13. The third kappa shape index (κ3) is 3.77. The molecule has 0 atom stereocenters. The van der Waals surface area contributed by atoms with Gasteiger partial charge in [0.15, 0.2) is 0 Å². The summed E-state index contributed by atoms with van der Waals surface area (Å²) in [6, 6.07) is 5.75. The maximum Gasteiger partial charge on any atom is 0.149 e. The molecule has 0 saturated carbocycles. The molecule has 1 rings (SSSR count). The fourth-order valence-electron chi connectivity index (χ4n) is 1.29. The molecular weight excluding hydrogens is 222 g/mol. The average Bonchev–Trinajstić information content (AvgIpc) is 2.29. The average molecular weight is 238 g/mol. The summed E-state index contributed by atoms with van der Waals surface area (Å²) >= 11 is 6.09. The molecule has 0 aromatic heterocycles. The van der Waals surface area contributed by atoms with Crippen molar-refractivity contribution in [1.29, 1.82) is 0 Å². The van der Waals surface area contributed by atoms with E-state index in [9.17, 15) is 0 Å². The van der Waals surface area contributed by atoms with E-state index >= 15 is 0 Å². The third-order valence-corrected chi connectivity index (χ3v) is 2.38. The Hall–Kier alpha value is -1.17. The van der Waals surface area contributed by atoms with Crippen molar-refractivity contribution in [3.8, 4) is 17.6 Å². The number of para-hydroxylation sites is 1. The Morgan fingerprint density at radius 3 is 2.94 bits per heavy atom. The molecule has 0 aliphatic heterocycles. The molecule has 0 amide bonds. The highest BCUT2D eigenvalue weighted by Gasteiger charge is 2.07. The molecule has 3 heteroatoms. The number of hydrogen-bond donors (Lipinski definition) is 1. The van der Waals surface area contributed by atoms with Crippen molar-refractivity contribution < 1.29 is 4.74 Å². The highest BCUT2D eigenvalue weighted by molar-refractivity contribution is 6.32. The van der Waals surface area contributed by atoms with Crippen LogP contribution in [-0.4, -0.2) is 13.2 Å². The zero-order chi connectivity index (χ0) is 11.8. The smallest absolute Gasteiger partial charge is 0.149 e. The lowest BCUT2D eigenvalue weighted by Gasteiger charge is -2.11. The summed E-state index contributed by atoms with van der Waals surface area (Å²) in [4.78, 5) is 0. The van der Waals surface area contributed by atoms with Crippen molar-refractivity contribution in [2.75, 3.05) is 13.2 Å². The van der Waals surface area contributed by atoms with Gasteiger partial charge in [-0.15, -0.1) is 5.92 Å². The van der Waals surface area contributed by atoms with E-state index in [-0.39, 0.29) is 0 Å². The minimum absolute atomic E-state index is 0.374. The zero-order valence-electron chi connectivity index (χ0n) is 9.64. The van der Waals surface area contributed by atoms with E-state index in [2.05, 4.69) is 24.1 Å². The summed E-state index contributed by atoms with van der Waals surface area (Å²) in [5, 5.41) is 3.88. The van der Waals surface area contributed by atoms with Crippen molar-refractivity contribution in [2.24, 2.45) is 0 Å². The lowest BCUT2D eigenvalue weighted by molar-refractivity contribution is 0.365. The van der Waals surface area contributed by atoms with Gasteiger partial charge >= 0.3 is 0 Å². The quantitative estimate of drug-likeness (QED) is 0.796. The molecule has 0 spiro atoms. The van der Waals surface area contributed by atoms with Gasteiger partial charge in [-0.2, -0.15) is 0 Å². The lowest BCUT2D eigenvalue weighted by atomic mass is 10.2. The maximum atomic E-state index is 6.09. The minimum atomic E-state index is 0.374. The third-order valence-electron chi connectivity index (χ3n) is 2.08. The van der Waals surface area contributed by atoms with Crippen LogP contribution in [0.3, 0.4) is 0 Å².